The third-order valence-corrected chi connectivity index (χ3v) is 4.58. The van der Waals surface area contributed by atoms with Crippen LogP contribution < -0.4 is 15.0 Å². The number of halogens is 3. The summed E-state index contributed by atoms with van der Waals surface area (Å²) in [5.41, 5.74) is 5.02. The molecule has 1 N–H and O–H groups in total. The zero-order valence-electron chi connectivity index (χ0n) is 17.1. The smallest absolute Gasteiger partial charge is 0.465 e. The number of hydroxylamine groups is 1. The van der Waals surface area contributed by atoms with Crippen LogP contribution in [-0.2, 0) is 9.57 Å². The second kappa shape index (κ2) is 9.21. The number of nitrogens with zero attached hydrogens (tertiary/aromatic N) is 1. The highest BCUT2D eigenvalue weighted by atomic mass is 19.4. The number of nitrogens with one attached hydrogen (secondary N) is 1. The summed E-state index contributed by atoms with van der Waals surface area (Å²) >= 11 is 0. The van der Waals surface area contributed by atoms with E-state index >= 15 is 0 Å². The third kappa shape index (κ3) is 5.60. The van der Waals surface area contributed by atoms with Crippen LogP contribution in [0.3, 0.4) is 0 Å². The molecule has 1 aliphatic rings. The molecule has 1 aliphatic heterocycles. The molecule has 0 bridgehead atoms. The topological polar surface area (TPSA) is 78.9 Å². The van der Waals surface area contributed by atoms with Gasteiger partial charge in [0.1, 0.15) is 17.6 Å². The summed E-state index contributed by atoms with van der Waals surface area (Å²) in [4.78, 5) is 21.5. The van der Waals surface area contributed by atoms with Crippen molar-refractivity contribution < 1.29 is 37.0 Å². The highest BCUT2D eigenvalue weighted by Gasteiger charge is 2.31. The van der Waals surface area contributed by atoms with Crippen molar-refractivity contribution in [3.63, 3.8) is 0 Å². The zero-order chi connectivity index (χ0) is 23.4. The van der Waals surface area contributed by atoms with Crippen LogP contribution in [0.5, 0.6) is 11.5 Å². The maximum Gasteiger partial charge on any atom is 0.573 e. The summed E-state index contributed by atoms with van der Waals surface area (Å²) in [6.07, 6.45) is -2.16. The normalized spacial score (nSPS) is 15.4. The maximum atomic E-state index is 12.3. The van der Waals surface area contributed by atoms with Gasteiger partial charge in [-0.1, -0.05) is 24.3 Å². The molecule has 1 atom stereocenters. The summed E-state index contributed by atoms with van der Waals surface area (Å²) in [5.74, 6) is -0.0216. The summed E-state index contributed by atoms with van der Waals surface area (Å²) in [7, 11) is 1.32. The number of benzene rings is 2. The molecule has 170 valence electrons. The lowest BCUT2D eigenvalue weighted by atomic mass is 10.1. The molecule has 33 heavy (non-hydrogen) atoms. The van der Waals surface area contributed by atoms with Gasteiger partial charge in [-0.2, -0.15) is 0 Å². The summed E-state index contributed by atoms with van der Waals surface area (Å²) in [5, 5.41) is 0. The standard InChI is InChI=1S/C23H17F3N2O5/c1-30-22(29)16-4-2-3-15(11-16)19-10-9-18(13-27-19)31-21-12-20(33-28-21)14-5-7-17(8-6-14)32-23(24,25)26/h2-13,20,28H,1H3. The van der Waals surface area contributed by atoms with Gasteiger partial charge in [0.15, 0.2) is 0 Å². The SMILES string of the molecule is COC(=O)c1cccc(-c2ccc(OC3=CC(c4ccc(OC(F)(F)F)cc4)ON3)cn2)c1. The molecule has 0 spiro atoms. The first kappa shape index (κ1) is 22.2. The van der Waals surface area contributed by atoms with E-state index in [-0.39, 0.29) is 5.75 Å². The van der Waals surface area contributed by atoms with E-state index in [9.17, 15) is 18.0 Å². The summed E-state index contributed by atoms with van der Waals surface area (Å²) in [6.45, 7) is 0. The highest BCUT2D eigenvalue weighted by molar-refractivity contribution is 5.90. The van der Waals surface area contributed by atoms with Gasteiger partial charge in [-0.15, -0.1) is 13.2 Å². The van der Waals surface area contributed by atoms with E-state index in [0.29, 0.717) is 28.5 Å². The van der Waals surface area contributed by atoms with Crippen LogP contribution in [0.15, 0.2) is 78.8 Å². The largest absolute Gasteiger partial charge is 0.573 e. The predicted octanol–water partition coefficient (Wildman–Crippen LogP) is 4.93. The Labute approximate surface area is 186 Å². The summed E-state index contributed by atoms with van der Waals surface area (Å²) < 4.78 is 51.1. The molecule has 1 aromatic heterocycles. The van der Waals surface area contributed by atoms with Crippen molar-refractivity contribution in [3.05, 3.63) is 89.9 Å². The summed E-state index contributed by atoms with van der Waals surface area (Å²) in [6, 6.07) is 15.7. The first-order valence-electron chi connectivity index (χ1n) is 9.62. The predicted molar refractivity (Wildman–Crippen MR) is 110 cm³/mol. The lowest BCUT2D eigenvalue weighted by Crippen LogP contribution is -2.17. The number of carbonyl (C=O) groups is 1. The average Bonchev–Trinajstić information content (AvgIpc) is 3.27. The molecule has 0 saturated carbocycles. The minimum absolute atomic E-state index is 0.304. The molecule has 2 aromatic carbocycles. The molecular weight excluding hydrogens is 441 g/mol. The van der Waals surface area contributed by atoms with E-state index < -0.39 is 18.4 Å². The molecule has 0 saturated heterocycles. The van der Waals surface area contributed by atoms with Gasteiger partial charge in [-0.25, -0.2) is 10.3 Å². The van der Waals surface area contributed by atoms with E-state index in [1.807, 2.05) is 6.07 Å². The molecule has 3 aromatic rings. The molecule has 0 aliphatic carbocycles. The van der Waals surface area contributed by atoms with Crippen molar-refractivity contribution in [3.8, 4) is 22.8 Å². The van der Waals surface area contributed by atoms with Gasteiger partial charge in [0, 0.05) is 11.6 Å². The number of pyridine rings is 1. The molecule has 10 heteroatoms. The van der Waals surface area contributed by atoms with E-state index in [1.165, 1.54) is 37.6 Å². The molecule has 0 radical (unpaired) electrons. The Morgan fingerprint density at radius 3 is 2.48 bits per heavy atom. The van der Waals surface area contributed by atoms with Crippen LogP contribution in [0.25, 0.3) is 11.3 Å². The van der Waals surface area contributed by atoms with E-state index in [2.05, 4.69) is 15.2 Å². The van der Waals surface area contributed by atoms with Crippen LogP contribution in [-0.4, -0.2) is 24.4 Å². The number of ether oxygens (including phenoxy) is 3. The average molecular weight is 458 g/mol. The number of rotatable bonds is 6. The maximum absolute atomic E-state index is 12.3. The Hall–Kier alpha value is -4.05. The van der Waals surface area contributed by atoms with E-state index in [4.69, 9.17) is 14.3 Å². The molecule has 0 amide bonds. The van der Waals surface area contributed by atoms with Crippen molar-refractivity contribution in [1.29, 1.82) is 0 Å². The quantitative estimate of drug-likeness (QED) is 0.525. The Morgan fingerprint density at radius 1 is 1.06 bits per heavy atom. The molecule has 0 fully saturated rings. The lowest BCUT2D eigenvalue weighted by molar-refractivity contribution is -0.274. The molecular formula is C23H17F3N2O5. The van der Waals surface area contributed by atoms with E-state index in [1.54, 1.807) is 36.4 Å². The third-order valence-electron chi connectivity index (χ3n) is 4.58. The highest BCUT2D eigenvalue weighted by Crippen LogP contribution is 2.29. The second-order valence-corrected chi connectivity index (χ2v) is 6.84. The van der Waals surface area contributed by atoms with Crippen LogP contribution in [0.1, 0.15) is 22.0 Å². The van der Waals surface area contributed by atoms with Crippen molar-refractivity contribution >= 4 is 5.97 Å². The lowest BCUT2D eigenvalue weighted by Gasteiger charge is -2.11. The van der Waals surface area contributed by atoms with Gasteiger partial charge in [0.2, 0.25) is 5.88 Å². The number of carbonyl (C=O) groups excluding carboxylic acids is 1. The Balaban J connectivity index is 1.41. The van der Waals surface area contributed by atoms with Crippen LogP contribution in [0.4, 0.5) is 13.2 Å². The van der Waals surface area contributed by atoms with E-state index in [0.717, 1.165) is 5.56 Å². The van der Waals surface area contributed by atoms with Gasteiger partial charge in [-0.3, -0.25) is 9.82 Å². The Bertz CT molecular complexity index is 1160. The van der Waals surface area contributed by atoms with Crippen LogP contribution >= 0.6 is 0 Å². The molecule has 7 nitrogen and oxygen atoms in total. The molecule has 1 unspecified atom stereocenters. The van der Waals surface area contributed by atoms with Crippen LogP contribution in [0.2, 0.25) is 0 Å². The fourth-order valence-corrected chi connectivity index (χ4v) is 3.07. The van der Waals surface area contributed by atoms with Gasteiger partial charge < -0.3 is 14.2 Å². The first-order valence-corrected chi connectivity index (χ1v) is 9.62. The number of esters is 1. The second-order valence-electron chi connectivity index (χ2n) is 6.84. The monoisotopic (exact) mass is 458 g/mol. The first-order chi connectivity index (χ1) is 15.8. The molecule has 2 heterocycles. The number of hydrogen-bond donors (Lipinski definition) is 1. The van der Waals surface area contributed by atoms with Crippen LogP contribution in [0, 0.1) is 0 Å². The van der Waals surface area contributed by atoms with Crippen molar-refractivity contribution in [2.75, 3.05) is 7.11 Å². The zero-order valence-corrected chi connectivity index (χ0v) is 17.1. The Kier molecular flexibility index (Phi) is 6.18. The molecule has 4 rings (SSSR count). The minimum Gasteiger partial charge on any atom is -0.465 e. The van der Waals surface area contributed by atoms with Crippen molar-refractivity contribution in [2.24, 2.45) is 0 Å². The fourth-order valence-electron chi connectivity index (χ4n) is 3.07. The van der Waals surface area contributed by atoms with Crippen molar-refractivity contribution in [2.45, 2.75) is 12.5 Å². The Morgan fingerprint density at radius 2 is 1.82 bits per heavy atom. The van der Waals surface area contributed by atoms with Gasteiger partial charge in [0.25, 0.3) is 0 Å². The fraction of sp³-hybridized carbons (Fsp3) is 0.130. The number of hydrogen-bond acceptors (Lipinski definition) is 7. The number of methoxy groups -OCH3 is 1. The van der Waals surface area contributed by atoms with Gasteiger partial charge in [-0.05, 0) is 42.0 Å². The van der Waals surface area contributed by atoms with Gasteiger partial charge in [0.05, 0.1) is 24.6 Å². The number of alkyl halides is 3. The number of aromatic nitrogens is 1. The van der Waals surface area contributed by atoms with Crippen molar-refractivity contribution in [1.82, 2.24) is 10.5 Å². The minimum atomic E-state index is -4.75. The van der Waals surface area contributed by atoms with Gasteiger partial charge >= 0.3 is 12.3 Å².